The van der Waals surface area contributed by atoms with E-state index in [1.807, 2.05) is 6.92 Å². The molecule has 2 rings (SSSR count). The summed E-state index contributed by atoms with van der Waals surface area (Å²) in [6.45, 7) is -1.29. The molecular weight excluding hydrogens is 440 g/mol. The lowest BCUT2D eigenvalue weighted by atomic mass is 10.0. The number of rotatable bonds is 14. The van der Waals surface area contributed by atoms with Gasteiger partial charge < -0.3 is 19.8 Å². The molecule has 1 heterocycles. The number of hydrogen-bond acceptors (Lipinski definition) is 6. The Balaban J connectivity index is 1.90. The molecule has 0 spiro atoms. The lowest BCUT2D eigenvalue weighted by molar-refractivity contribution is -0.154. The van der Waals surface area contributed by atoms with Crippen molar-refractivity contribution in [2.45, 2.75) is 39.2 Å². The molecule has 0 saturated carbocycles. The second-order valence-corrected chi connectivity index (χ2v) is 7.21. The minimum absolute atomic E-state index is 0.0404. The molecule has 2 aromatic rings. The van der Waals surface area contributed by atoms with Gasteiger partial charge in [0.15, 0.2) is 5.76 Å². The summed E-state index contributed by atoms with van der Waals surface area (Å²) in [5.74, 6) is -1.44. The lowest BCUT2D eigenvalue weighted by Gasteiger charge is -2.19. The summed E-state index contributed by atoms with van der Waals surface area (Å²) in [7, 11) is 0. The number of carbonyl (C=O) groups is 3. The average molecular weight is 467 g/mol. The van der Waals surface area contributed by atoms with E-state index in [2.05, 4.69) is 15.4 Å². The molecule has 1 atom stereocenters. The van der Waals surface area contributed by atoms with Crippen LogP contribution >= 0.6 is 0 Å². The molecule has 0 fully saturated rings. The number of hydrogen-bond donors (Lipinski definition) is 3. The minimum atomic E-state index is -2.96. The van der Waals surface area contributed by atoms with E-state index in [0.29, 0.717) is 17.0 Å². The Kier molecular flexibility index (Phi) is 10.3. The zero-order chi connectivity index (χ0) is 24.2. The van der Waals surface area contributed by atoms with Crippen LogP contribution in [0.15, 0.2) is 40.8 Å². The molecule has 9 nitrogen and oxygen atoms in total. The predicted octanol–water partition coefficient (Wildman–Crippen LogP) is 3.40. The molecule has 0 bridgehead atoms. The number of nitrogens with one attached hydrogen (secondary N) is 2. The largest absolute Gasteiger partial charge is 0.451 e. The van der Waals surface area contributed by atoms with Gasteiger partial charge in [-0.05, 0) is 30.7 Å². The Morgan fingerprint density at radius 2 is 2.00 bits per heavy atom. The highest BCUT2D eigenvalue weighted by molar-refractivity contribution is 5.92. The number of amides is 3. The number of furan rings is 1. The molecule has 33 heavy (non-hydrogen) atoms. The smallest absolute Gasteiger partial charge is 0.387 e. The van der Waals surface area contributed by atoms with E-state index in [4.69, 9.17) is 4.42 Å². The van der Waals surface area contributed by atoms with Crippen molar-refractivity contribution in [1.82, 2.24) is 15.7 Å². The molecule has 1 aromatic heterocycles. The second-order valence-electron chi connectivity index (χ2n) is 7.21. The fraction of sp³-hybridized carbons (Fsp3) is 0.409. The van der Waals surface area contributed by atoms with Crippen LogP contribution in [0.25, 0.3) is 11.3 Å². The Hall–Kier alpha value is -3.47. The Morgan fingerprint density at radius 3 is 2.70 bits per heavy atom. The minimum Gasteiger partial charge on any atom is -0.451 e. The zero-order valence-electron chi connectivity index (χ0n) is 18.1. The third kappa shape index (κ3) is 8.53. The maximum Gasteiger partial charge on any atom is 0.387 e. The van der Waals surface area contributed by atoms with E-state index in [-0.39, 0.29) is 36.9 Å². The van der Waals surface area contributed by atoms with Crippen LogP contribution in [-0.4, -0.2) is 48.3 Å². The van der Waals surface area contributed by atoms with Gasteiger partial charge in [-0.15, -0.1) is 0 Å². The fourth-order valence-electron chi connectivity index (χ4n) is 3.10. The predicted molar refractivity (Wildman–Crippen MR) is 113 cm³/mol. The summed E-state index contributed by atoms with van der Waals surface area (Å²) in [4.78, 5) is 35.4. The fourth-order valence-corrected chi connectivity index (χ4v) is 3.10. The summed E-state index contributed by atoms with van der Waals surface area (Å²) in [5, 5.41) is 14.9. The number of halogens is 2. The van der Waals surface area contributed by atoms with Crippen molar-refractivity contribution < 1.29 is 37.5 Å². The molecule has 0 saturated heterocycles. The van der Waals surface area contributed by atoms with Crippen LogP contribution < -0.4 is 15.4 Å². The van der Waals surface area contributed by atoms with Gasteiger partial charge in [0, 0.05) is 5.56 Å². The van der Waals surface area contributed by atoms with Gasteiger partial charge in [-0.1, -0.05) is 38.3 Å². The maximum atomic E-state index is 12.4. The number of carbonyl (C=O) groups excluding carboxylic acids is 3. The van der Waals surface area contributed by atoms with Crippen molar-refractivity contribution in [3.8, 4) is 17.1 Å². The topological polar surface area (TPSA) is 121 Å². The van der Waals surface area contributed by atoms with Crippen LogP contribution in [0.1, 0.15) is 43.2 Å². The highest BCUT2D eigenvalue weighted by Crippen LogP contribution is 2.26. The van der Waals surface area contributed by atoms with Crippen molar-refractivity contribution in [2.24, 2.45) is 5.92 Å². The summed E-state index contributed by atoms with van der Waals surface area (Å²) in [6.07, 6.45) is 3.33. The SMILES string of the molecule is CCCCCC(CN(O)C=O)C(=O)NCNC(=O)c1ccc(-c2cccc(OC(F)F)c2)o1. The van der Waals surface area contributed by atoms with Crippen LogP contribution in [0.2, 0.25) is 0 Å². The molecule has 0 aliphatic rings. The highest BCUT2D eigenvalue weighted by atomic mass is 19.3. The summed E-state index contributed by atoms with van der Waals surface area (Å²) < 4.78 is 34.6. The van der Waals surface area contributed by atoms with Crippen LogP contribution in [-0.2, 0) is 9.59 Å². The van der Waals surface area contributed by atoms with Crippen molar-refractivity contribution >= 4 is 18.2 Å². The van der Waals surface area contributed by atoms with Gasteiger partial charge in [-0.3, -0.25) is 19.6 Å². The lowest BCUT2D eigenvalue weighted by Crippen LogP contribution is -2.42. The first-order valence-corrected chi connectivity index (χ1v) is 10.5. The monoisotopic (exact) mass is 467 g/mol. The Bertz CT molecular complexity index is 921. The van der Waals surface area contributed by atoms with E-state index in [0.717, 1.165) is 19.3 Å². The summed E-state index contributed by atoms with van der Waals surface area (Å²) in [6, 6.07) is 8.77. The first-order chi connectivity index (χ1) is 15.8. The van der Waals surface area contributed by atoms with Gasteiger partial charge in [0.05, 0.1) is 19.1 Å². The molecule has 11 heteroatoms. The molecule has 0 radical (unpaired) electrons. The number of benzene rings is 1. The molecule has 1 aromatic carbocycles. The molecule has 0 aliphatic heterocycles. The molecular formula is C22H27F2N3O6. The van der Waals surface area contributed by atoms with Crippen molar-refractivity contribution in [2.75, 3.05) is 13.2 Å². The number of ether oxygens (including phenoxy) is 1. The summed E-state index contributed by atoms with van der Waals surface area (Å²) >= 11 is 0. The van der Waals surface area contributed by atoms with Crippen molar-refractivity contribution in [3.05, 3.63) is 42.2 Å². The average Bonchev–Trinajstić information content (AvgIpc) is 3.28. The highest BCUT2D eigenvalue weighted by Gasteiger charge is 2.21. The first kappa shape index (κ1) is 25.8. The first-order valence-electron chi connectivity index (χ1n) is 10.5. The van der Waals surface area contributed by atoms with Crippen molar-refractivity contribution in [1.29, 1.82) is 0 Å². The second kappa shape index (κ2) is 13.2. The third-order valence-corrected chi connectivity index (χ3v) is 4.74. The number of unbranched alkanes of at least 4 members (excludes halogenated alkanes) is 2. The van der Waals surface area contributed by atoms with E-state index < -0.39 is 24.3 Å². The Labute approximate surface area is 189 Å². The van der Waals surface area contributed by atoms with Crippen LogP contribution in [0.3, 0.4) is 0 Å². The van der Waals surface area contributed by atoms with Crippen LogP contribution in [0.5, 0.6) is 5.75 Å². The maximum absolute atomic E-state index is 12.4. The Morgan fingerprint density at radius 1 is 1.21 bits per heavy atom. The van der Waals surface area contributed by atoms with Gasteiger partial charge in [0.1, 0.15) is 11.5 Å². The normalized spacial score (nSPS) is 11.7. The standard InChI is InChI=1S/C22H27F2N3O6/c1-2-3-4-6-16(12-27(31)14-28)20(29)25-13-26-21(30)19-10-9-18(33-19)15-7-5-8-17(11-15)32-22(23)24/h5,7-11,14,16,22,31H,2-4,6,12-13H2,1H3,(H,25,29)(H,26,30). The number of alkyl halides is 2. The van der Waals surface area contributed by atoms with E-state index in [9.17, 15) is 28.4 Å². The van der Waals surface area contributed by atoms with Crippen molar-refractivity contribution in [3.63, 3.8) is 0 Å². The summed E-state index contributed by atoms with van der Waals surface area (Å²) in [5.41, 5.74) is 0.444. The van der Waals surface area contributed by atoms with E-state index >= 15 is 0 Å². The van der Waals surface area contributed by atoms with Gasteiger partial charge in [0.25, 0.3) is 5.91 Å². The molecule has 0 aliphatic carbocycles. The van der Waals surface area contributed by atoms with Gasteiger partial charge >= 0.3 is 6.61 Å². The zero-order valence-corrected chi connectivity index (χ0v) is 18.1. The molecule has 3 amide bonds. The van der Waals surface area contributed by atoms with Gasteiger partial charge in [-0.2, -0.15) is 8.78 Å². The van der Waals surface area contributed by atoms with E-state index in [1.54, 1.807) is 6.07 Å². The number of hydroxylamine groups is 2. The van der Waals surface area contributed by atoms with E-state index in [1.165, 1.54) is 30.3 Å². The van der Waals surface area contributed by atoms with Gasteiger partial charge in [0.2, 0.25) is 12.3 Å². The molecule has 1 unspecified atom stereocenters. The number of nitrogens with zero attached hydrogens (tertiary/aromatic N) is 1. The van der Waals surface area contributed by atoms with Gasteiger partial charge in [-0.25, -0.2) is 5.06 Å². The quantitative estimate of drug-likeness (QED) is 0.129. The molecule has 180 valence electrons. The third-order valence-electron chi connectivity index (χ3n) is 4.74. The molecule has 3 N–H and O–H groups in total. The van der Waals surface area contributed by atoms with Crippen LogP contribution in [0, 0.1) is 5.92 Å². The van der Waals surface area contributed by atoms with Crippen LogP contribution in [0.4, 0.5) is 8.78 Å².